The second-order valence-electron chi connectivity index (χ2n) is 6.03. The van der Waals surface area contributed by atoms with Gasteiger partial charge in [0, 0.05) is 43.2 Å². The van der Waals surface area contributed by atoms with Crippen molar-refractivity contribution in [3.8, 4) is 11.9 Å². The molecule has 0 saturated carbocycles. The van der Waals surface area contributed by atoms with Crippen LogP contribution in [0.2, 0.25) is 0 Å². The van der Waals surface area contributed by atoms with Crippen molar-refractivity contribution in [3.05, 3.63) is 60.0 Å². The first kappa shape index (κ1) is 16.0. The van der Waals surface area contributed by atoms with Gasteiger partial charge in [0.2, 0.25) is 5.88 Å². The molecule has 0 bridgehead atoms. The molecule has 0 N–H and O–H groups in total. The molecule has 0 aliphatic carbocycles. The molecule has 1 aliphatic heterocycles. The normalized spacial score (nSPS) is 16.4. The molecule has 7 nitrogen and oxygen atoms in total. The maximum absolute atomic E-state index is 12.8. The number of aromatic nitrogens is 3. The molecule has 1 amide bonds. The van der Waals surface area contributed by atoms with Crippen LogP contribution in [-0.4, -0.2) is 45.0 Å². The van der Waals surface area contributed by atoms with Crippen LogP contribution in [0, 0.1) is 11.3 Å². The standard InChI is InChI=1S/C19H15N5O2/c20-11-13-3-5-23-18(9-13)26-15-4-8-24(12-15)19(25)14-1-2-16-17(10-14)22-7-6-21-16/h1-3,5-7,9-10,15H,4,8,12H2. The molecular weight excluding hydrogens is 330 g/mol. The van der Waals surface area contributed by atoms with E-state index in [2.05, 4.69) is 21.0 Å². The SMILES string of the molecule is N#Cc1ccnc(OC2CCN(C(=O)c3ccc4nccnc4c3)C2)c1. The Morgan fingerprint density at radius 2 is 1.96 bits per heavy atom. The van der Waals surface area contributed by atoms with E-state index in [0.29, 0.717) is 35.6 Å². The van der Waals surface area contributed by atoms with Crippen LogP contribution in [0.5, 0.6) is 5.88 Å². The van der Waals surface area contributed by atoms with Crippen LogP contribution in [0.1, 0.15) is 22.3 Å². The van der Waals surface area contributed by atoms with Gasteiger partial charge in [-0.25, -0.2) is 4.98 Å². The molecule has 1 fully saturated rings. The lowest BCUT2D eigenvalue weighted by Crippen LogP contribution is -2.31. The minimum Gasteiger partial charge on any atom is -0.472 e. The molecule has 4 rings (SSSR count). The maximum Gasteiger partial charge on any atom is 0.254 e. The minimum atomic E-state index is -0.138. The number of likely N-dealkylation sites (tertiary alicyclic amines) is 1. The van der Waals surface area contributed by atoms with Crippen LogP contribution in [0.3, 0.4) is 0 Å². The van der Waals surface area contributed by atoms with Crippen molar-refractivity contribution in [2.24, 2.45) is 0 Å². The Kier molecular flexibility index (Phi) is 4.15. The molecule has 3 aromatic rings. The average molecular weight is 345 g/mol. The Morgan fingerprint density at radius 1 is 1.12 bits per heavy atom. The molecule has 0 radical (unpaired) electrons. The number of carbonyl (C=O) groups is 1. The van der Waals surface area contributed by atoms with E-state index in [4.69, 9.17) is 10.00 Å². The summed E-state index contributed by atoms with van der Waals surface area (Å²) in [4.78, 5) is 27.1. The highest BCUT2D eigenvalue weighted by molar-refractivity contribution is 5.97. The van der Waals surface area contributed by atoms with Crippen LogP contribution in [-0.2, 0) is 0 Å². The van der Waals surface area contributed by atoms with Gasteiger partial charge >= 0.3 is 0 Å². The lowest BCUT2D eigenvalue weighted by Gasteiger charge is -2.17. The zero-order chi connectivity index (χ0) is 17.9. The van der Waals surface area contributed by atoms with E-state index in [-0.39, 0.29) is 12.0 Å². The van der Waals surface area contributed by atoms with Crippen molar-refractivity contribution in [2.45, 2.75) is 12.5 Å². The second-order valence-corrected chi connectivity index (χ2v) is 6.03. The number of benzene rings is 1. The van der Waals surface area contributed by atoms with Crippen molar-refractivity contribution >= 4 is 16.9 Å². The van der Waals surface area contributed by atoms with Crippen LogP contribution < -0.4 is 4.74 Å². The molecule has 1 atom stereocenters. The van der Waals surface area contributed by atoms with Gasteiger partial charge in [0.15, 0.2) is 0 Å². The van der Waals surface area contributed by atoms with E-state index in [9.17, 15) is 4.79 Å². The molecule has 1 aliphatic rings. The fourth-order valence-electron chi connectivity index (χ4n) is 3.00. The van der Waals surface area contributed by atoms with Crippen molar-refractivity contribution < 1.29 is 9.53 Å². The number of rotatable bonds is 3. The number of hydrogen-bond acceptors (Lipinski definition) is 6. The summed E-state index contributed by atoms with van der Waals surface area (Å²) in [6, 6.07) is 10.6. The number of nitrogens with zero attached hydrogens (tertiary/aromatic N) is 5. The summed E-state index contributed by atoms with van der Waals surface area (Å²) < 4.78 is 5.83. The van der Waals surface area contributed by atoms with Gasteiger partial charge in [-0.05, 0) is 24.3 Å². The minimum absolute atomic E-state index is 0.0533. The Balaban J connectivity index is 1.45. The predicted octanol–water partition coefficient (Wildman–Crippen LogP) is 2.19. The molecule has 128 valence electrons. The average Bonchev–Trinajstić information content (AvgIpc) is 3.15. The third kappa shape index (κ3) is 3.17. The summed E-state index contributed by atoms with van der Waals surface area (Å²) in [5, 5.41) is 8.94. The Morgan fingerprint density at radius 3 is 2.81 bits per heavy atom. The van der Waals surface area contributed by atoms with Crippen LogP contribution in [0.15, 0.2) is 48.9 Å². The molecule has 2 aromatic heterocycles. The summed E-state index contributed by atoms with van der Waals surface area (Å²) in [6.45, 7) is 1.09. The highest BCUT2D eigenvalue weighted by Gasteiger charge is 2.28. The monoisotopic (exact) mass is 345 g/mol. The van der Waals surface area contributed by atoms with Crippen molar-refractivity contribution in [2.75, 3.05) is 13.1 Å². The topological polar surface area (TPSA) is 92.0 Å². The predicted molar refractivity (Wildman–Crippen MR) is 93.4 cm³/mol. The number of fused-ring (bicyclic) bond motifs is 1. The maximum atomic E-state index is 12.8. The number of ether oxygens (including phenoxy) is 1. The van der Waals surface area contributed by atoms with Crippen molar-refractivity contribution in [1.82, 2.24) is 19.9 Å². The van der Waals surface area contributed by atoms with Gasteiger partial charge in [-0.15, -0.1) is 0 Å². The van der Waals surface area contributed by atoms with Crippen molar-refractivity contribution in [3.63, 3.8) is 0 Å². The first-order valence-electron chi connectivity index (χ1n) is 8.26. The quantitative estimate of drug-likeness (QED) is 0.722. The highest BCUT2D eigenvalue weighted by atomic mass is 16.5. The van der Waals surface area contributed by atoms with Gasteiger partial charge < -0.3 is 9.64 Å². The highest BCUT2D eigenvalue weighted by Crippen LogP contribution is 2.20. The zero-order valence-electron chi connectivity index (χ0n) is 13.9. The molecule has 1 saturated heterocycles. The number of hydrogen-bond donors (Lipinski definition) is 0. The van der Waals surface area contributed by atoms with Crippen LogP contribution in [0.4, 0.5) is 0 Å². The Hall–Kier alpha value is -3.53. The van der Waals surface area contributed by atoms with E-state index < -0.39 is 0 Å². The molecule has 26 heavy (non-hydrogen) atoms. The third-order valence-corrected chi connectivity index (χ3v) is 4.30. The third-order valence-electron chi connectivity index (χ3n) is 4.30. The smallest absolute Gasteiger partial charge is 0.254 e. The Bertz CT molecular complexity index is 1010. The largest absolute Gasteiger partial charge is 0.472 e. The van der Waals surface area contributed by atoms with E-state index in [1.807, 2.05) is 0 Å². The fraction of sp³-hybridized carbons (Fsp3) is 0.211. The van der Waals surface area contributed by atoms with Gasteiger partial charge in [0.05, 0.1) is 29.2 Å². The first-order chi connectivity index (χ1) is 12.7. The van der Waals surface area contributed by atoms with Gasteiger partial charge in [-0.1, -0.05) is 0 Å². The van der Waals surface area contributed by atoms with E-state index >= 15 is 0 Å². The summed E-state index contributed by atoms with van der Waals surface area (Å²) in [6.07, 6.45) is 5.36. The molecular formula is C19H15N5O2. The molecule has 1 unspecified atom stereocenters. The molecule has 7 heteroatoms. The van der Waals surface area contributed by atoms with Gasteiger partial charge in [0.1, 0.15) is 6.10 Å². The van der Waals surface area contributed by atoms with Gasteiger partial charge in [-0.3, -0.25) is 14.8 Å². The fourth-order valence-corrected chi connectivity index (χ4v) is 3.00. The zero-order valence-corrected chi connectivity index (χ0v) is 13.9. The van der Waals surface area contributed by atoms with E-state index in [0.717, 1.165) is 11.9 Å². The van der Waals surface area contributed by atoms with Gasteiger partial charge in [-0.2, -0.15) is 5.26 Å². The van der Waals surface area contributed by atoms with E-state index in [1.54, 1.807) is 53.8 Å². The summed E-state index contributed by atoms with van der Waals surface area (Å²) in [7, 11) is 0. The number of pyridine rings is 1. The molecule has 3 heterocycles. The number of carbonyl (C=O) groups excluding carboxylic acids is 1. The summed E-state index contributed by atoms with van der Waals surface area (Å²) in [5.74, 6) is 0.353. The molecule has 1 aromatic carbocycles. The lowest BCUT2D eigenvalue weighted by atomic mass is 10.1. The van der Waals surface area contributed by atoms with Crippen LogP contribution in [0.25, 0.3) is 11.0 Å². The number of nitriles is 1. The number of amides is 1. The Labute approximate surface area is 149 Å². The van der Waals surface area contributed by atoms with E-state index in [1.165, 1.54) is 0 Å². The summed E-state index contributed by atoms with van der Waals surface area (Å²) >= 11 is 0. The lowest BCUT2D eigenvalue weighted by molar-refractivity contribution is 0.0771. The molecule has 0 spiro atoms. The van der Waals surface area contributed by atoms with Gasteiger partial charge in [0.25, 0.3) is 5.91 Å². The van der Waals surface area contributed by atoms with Crippen LogP contribution >= 0.6 is 0 Å². The van der Waals surface area contributed by atoms with Crippen molar-refractivity contribution in [1.29, 1.82) is 5.26 Å². The first-order valence-corrected chi connectivity index (χ1v) is 8.26. The second kappa shape index (κ2) is 6.76. The summed E-state index contributed by atoms with van der Waals surface area (Å²) in [5.41, 5.74) is 2.54.